The molecule has 214 valence electrons. The van der Waals surface area contributed by atoms with Gasteiger partial charge in [-0.15, -0.1) is 0 Å². The molecule has 2 aromatic carbocycles. The number of hydrogen-bond donors (Lipinski definition) is 2. The molecule has 0 spiro atoms. The first-order chi connectivity index (χ1) is 19.7. The Morgan fingerprint density at radius 2 is 1.95 bits per heavy atom. The number of aliphatic hydroxyl groups is 1. The molecule has 41 heavy (non-hydrogen) atoms. The molecule has 1 aromatic heterocycles. The molecule has 5 rings (SSSR count). The fourth-order valence-electron chi connectivity index (χ4n) is 4.84. The second-order valence-electron chi connectivity index (χ2n) is 9.95. The molecule has 2 fully saturated rings. The summed E-state index contributed by atoms with van der Waals surface area (Å²) >= 11 is 0. The van der Waals surface area contributed by atoms with E-state index in [0.717, 1.165) is 29.4 Å². The van der Waals surface area contributed by atoms with Gasteiger partial charge in [0.05, 0.1) is 31.0 Å². The van der Waals surface area contributed by atoms with Crippen LogP contribution < -0.4 is 15.0 Å². The topological polar surface area (TPSA) is 124 Å². The van der Waals surface area contributed by atoms with E-state index in [0.29, 0.717) is 30.4 Å². The Hall–Kier alpha value is -4.34. The highest BCUT2D eigenvalue weighted by molar-refractivity contribution is 5.80. The lowest BCUT2D eigenvalue weighted by molar-refractivity contribution is -0.165. The Morgan fingerprint density at radius 1 is 1.20 bits per heavy atom. The summed E-state index contributed by atoms with van der Waals surface area (Å²) in [6.45, 7) is 3.49. The fraction of sp³-hybridized carbons (Fsp3) is 0.379. The van der Waals surface area contributed by atoms with E-state index in [2.05, 4.69) is 20.2 Å². The van der Waals surface area contributed by atoms with E-state index in [-0.39, 0.29) is 24.3 Å². The highest BCUT2D eigenvalue weighted by Gasteiger charge is 2.48. The van der Waals surface area contributed by atoms with Crippen LogP contribution in [0.25, 0.3) is 11.3 Å². The number of aromatic nitrogens is 2. The van der Waals surface area contributed by atoms with E-state index in [1.807, 2.05) is 30.3 Å². The number of benzene rings is 2. The molecule has 0 bridgehead atoms. The van der Waals surface area contributed by atoms with Crippen LogP contribution in [0.4, 0.5) is 26.1 Å². The number of rotatable bonds is 7. The number of alkyl halides is 2. The monoisotopic (exact) mass is 564 g/mol. The van der Waals surface area contributed by atoms with Crippen LogP contribution in [0.5, 0.6) is 5.75 Å². The molecule has 1 amide bonds. The molecule has 3 aromatic rings. The predicted octanol–water partition coefficient (Wildman–Crippen LogP) is 3.59. The van der Waals surface area contributed by atoms with E-state index in [1.54, 1.807) is 18.3 Å². The molecule has 0 radical (unpaired) electrons. The molecular weight excluding hydrogens is 534 g/mol. The molecule has 2 aliphatic heterocycles. The van der Waals surface area contributed by atoms with Crippen molar-refractivity contribution in [3.8, 4) is 23.1 Å². The summed E-state index contributed by atoms with van der Waals surface area (Å²) in [5.41, 5.74) is 3.11. The fourth-order valence-corrected chi connectivity index (χ4v) is 4.84. The first-order valence-corrected chi connectivity index (χ1v) is 13.3. The zero-order valence-electron chi connectivity index (χ0n) is 22.5. The van der Waals surface area contributed by atoms with Gasteiger partial charge in [-0.2, -0.15) is 5.26 Å². The van der Waals surface area contributed by atoms with E-state index in [1.165, 1.54) is 19.1 Å². The quantitative estimate of drug-likeness (QED) is 0.443. The number of ether oxygens (including phenoxy) is 2. The van der Waals surface area contributed by atoms with Gasteiger partial charge in [-0.05, 0) is 55.5 Å². The predicted molar refractivity (Wildman–Crippen MR) is 147 cm³/mol. The van der Waals surface area contributed by atoms with E-state index < -0.39 is 30.6 Å². The molecule has 1 unspecified atom stereocenters. The Kier molecular flexibility index (Phi) is 8.28. The van der Waals surface area contributed by atoms with Gasteiger partial charge in [-0.1, -0.05) is 0 Å². The SMILES string of the molecule is C[C@@H](O)C(=O)N1CCC(Oc2ccc(-c3ccnc(Nc4ccc(N5CCOCC5)cc4)n3)cc2C#N)C(F)(F)C1. The van der Waals surface area contributed by atoms with Crippen molar-refractivity contribution in [1.82, 2.24) is 14.9 Å². The molecule has 12 heteroatoms. The Balaban J connectivity index is 1.27. The van der Waals surface area contributed by atoms with Crippen molar-refractivity contribution in [2.75, 3.05) is 49.6 Å². The number of likely N-dealkylation sites (tertiary alicyclic amines) is 1. The van der Waals surface area contributed by atoms with Gasteiger partial charge in [-0.3, -0.25) is 4.79 Å². The van der Waals surface area contributed by atoms with Gasteiger partial charge in [0.25, 0.3) is 5.91 Å². The summed E-state index contributed by atoms with van der Waals surface area (Å²) < 4.78 is 40.7. The third-order valence-corrected chi connectivity index (χ3v) is 7.02. The number of aliphatic hydroxyl groups excluding tert-OH is 1. The van der Waals surface area contributed by atoms with Gasteiger partial charge in [0, 0.05) is 49.2 Å². The van der Waals surface area contributed by atoms with Crippen molar-refractivity contribution in [3.05, 3.63) is 60.3 Å². The third-order valence-electron chi connectivity index (χ3n) is 7.02. The number of morpholine rings is 1. The first-order valence-electron chi connectivity index (χ1n) is 13.3. The van der Waals surface area contributed by atoms with Gasteiger partial charge < -0.3 is 29.7 Å². The van der Waals surface area contributed by atoms with Crippen LogP contribution in [0.3, 0.4) is 0 Å². The second-order valence-corrected chi connectivity index (χ2v) is 9.95. The van der Waals surface area contributed by atoms with Gasteiger partial charge in [0.1, 0.15) is 17.9 Å². The third kappa shape index (κ3) is 6.53. The van der Waals surface area contributed by atoms with E-state index in [9.17, 15) is 23.9 Å². The summed E-state index contributed by atoms with van der Waals surface area (Å²) in [7, 11) is 0. The Bertz CT molecular complexity index is 1420. The number of piperidine rings is 1. The largest absolute Gasteiger partial charge is 0.483 e. The lowest BCUT2D eigenvalue weighted by Gasteiger charge is -2.38. The number of hydrogen-bond acceptors (Lipinski definition) is 9. The number of nitriles is 1. The van der Waals surface area contributed by atoms with Crippen molar-refractivity contribution in [2.45, 2.75) is 31.5 Å². The number of nitrogens with zero attached hydrogens (tertiary/aromatic N) is 5. The summed E-state index contributed by atoms with van der Waals surface area (Å²) in [6, 6.07) is 16.3. The molecule has 2 N–H and O–H groups in total. The summed E-state index contributed by atoms with van der Waals surface area (Å²) in [6.07, 6.45) is -1.44. The number of carbonyl (C=O) groups excluding carboxylic acids is 1. The highest BCUT2D eigenvalue weighted by Crippen LogP contribution is 2.34. The number of anilines is 3. The summed E-state index contributed by atoms with van der Waals surface area (Å²) in [5.74, 6) is -3.74. The number of amides is 1. The molecule has 10 nitrogen and oxygen atoms in total. The lowest BCUT2D eigenvalue weighted by Crippen LogP contribution is -2.56. The molecule has 2 saturated heterocycles. The summed E-state index contributed by atoms with van der Waals surface area (Å²) in [4.78, 5) is 24.0. The van der Waals surface area contributed by atoms with Crippen LogP contribution in [-0.2, 0) is 9.53 Å². The smallest absolute Gasteiger partial charge is 0.301 e. The molecular formula is C29H30F2N6O4. The molecule has 2 atom stereocenters. The van der Waals surface area contributed by atoms with Crippen LogP contribution in [0, 0.1) is 11.3 Å². The number of nitrogens with one attached hydrogen (secondary N) is 1. The standard InChI is InChI=1S/C29H30F2N6O4/c1-19(38)27(39)37-11-9-26(29(30,31)18-37)41-25-7-2-20(16-21(25)17-32)24-8-10-33-28(35-24)34-22-3-5-23(6-4-22)36-12-14-40-15-13-36/h2-8,10,16,19,26,38H,9,11-15,18H2,1H3,(H,33,34,35)/t19-,26?/m1/s1. The Morgan fingerprint density at radius 3 is 2.63 bits per heavy atom. The summed E-state index contributed by atoms with van der Waals surface area (Å²) in [5, 5.41) is 22.4. The van der Waals surface area contributed by atoms with Crippen LogP contribution in [0.2, 0.25) is 0 Å². The maximum absolute atomic E-state index is 14.8. The van der Waals surface area contributed by atoms with Crippen LogP contribution in [0.1, 0.15) is 18.9 Å². The van der Waals surface area contributed by atoms with Crippen LogP contribution in [-0.4, -0.2) is 83.4 Å². The van der Waals surface area contributed by atoms with Gasteiger partial charge in [0.2, 0.25) is 5.95 Å². The van der Waals surface area contributed by atoms with Crippen molar-refractivity contribution < 1.29 is 28.2 Å². The van der Waals surface area contributed by atoms with Crippen molar-refractivity contribution in [1.29, 1.82) is 5.26 Å². The average Bonchev–Trinajstić information content (AvgIpc) is 2.98. The van der Waals surface area contributed by atoms with E-state index in [4.69, 9.17) is 9.47 Å². The van der Waals surface area contributed by atoms with Crippen LogP contribution >= 0.6 is 0 Å². The first kappa shape index (κ1) is 28.2. The van der Waals surface area contributed by atoms with E-state index >= 15 is 0 Å². The molecule has 2 aliphatic rings. The lowest BCUT2D eigenvalue weighted by atomic mass is 10.0. The number of carbonyl (C=O) groups is 1. The van der Waals surface area contributed by atoms with Gasteiger partial charge in [-0.25, -0.2) is 18.7 Å². The normalized spacial score (nSPS) is 19.2. The van der Waals surface area contributed by atoms with Gasteiger partial charge in [0.15, 0.2) is 6.10 Å². The zero-order chi connectivity index (χ0) is 29.0. The minimum Gasteiger partial charge on any atom is -0.483 e. The molecule has 3 heterocycles. The van der Waals surface area contributed by atoms with Gasteiger partial charge >= 0.3 is 5.92 Å². The molecule has 0 aliphatic carbocycles. The second kappa shape index (κ2) is 12.0. The minimum atomic E-state index is -3.36. The number of halogens is 2. The maximum Gasteiger partial charge on any atom is 0.301 e. The minimum absolute atomic E-state index is 0.0105. The zero-order valence-corrected chi connectivity index (χ0v) is 22.5. The highest BCUT2D eigenvalue weighted by atomic mass is 19.3. The van der Waals surface area contributed by atoms with Crippen LogP contribution in [0.15, 0.2) is 54.7 Å². The average molecular weight is 565 g/mol. The van der Waals surface area contributed by atoms with Crippen molar-refractivity contribution in [3.63, 3.8) is 0 Å². The van der Waals surface area contributed by atoms with Crippen molar-refractivity contribution in [2.24, 2.45) is 0 Å². The Labute approximate surface area is 236 Å². The molecule has 0 saturated carbocycles. The maximum atomic E-state index is 14.8. The van der Waals surface area contributed by atoms with Crippen molar-refractivity contribution >= 4 is 23.2 Å².